The van der Waals surface area contributed by atoms with Crippen molar-refractivity contribution in [1.82, 2.24) is 0 Å². The number of hydrogen-bond donors (Lipinski definition) is 3. The lowest BCUT2D eigenvalue weighted by atomic mass is 9.57. The van der Waals surface area contributed by atoms with E-state index < -0.39 is 42.2 Å². The molecule has 2 heterocycles. The largest absolute Gasteiger partial charge is 0.489 e. The van der Waals surface area contributed by atoms with Crippen LogP contribution in [0.15, 0.2) is 59.9 Å². The standard InChI is InChI=1S/C30H40O7/c1-6-22(31)26-15(2)13-16(3)30-20(14-23(32)18(5)35-26)11-12-21-24(30)25(33)17(4)27(28(21)37-30)36-29(34)19-9-7-8-10-19/h7-9,11-13,15,17,20-28,31-33H,5-6,10,14H2,1-4H3/b16-13+/t15-,17-,20-,21?,22?,23-,24?,25?,26?,27-,28-,30+/m1/s1. The van der Waals surface area contributed by atoms with E-state index in [2.05, 4.69) is 24.8 Å². The van der Waals surface area contributed by atoms with Crippen molar-refractivity contribution in [1.29, 1.82) is 0 Å². The first kappa shape index (κ1) is 26.4. The Labute approximate surface area is 219 Å². The van der Waals surface area contributed by atoms with E-state index in [4.69, 9.17) is 14.2 Å². The molecule has 3 aliphatic carbocycles. The van der Waals surface area contributed by atoms with Crippen LogP contribution in [0, 0.1) is 29.6 Å². The molecule has 7 heteroatoms. The Kier molecular flexibility index (Phi) is 7.03. The highest BCUT2D eigenvalue weighted by Gasteiger charge is 2.68. The monoisotopic (exact) mass is 512 g/mol. The Morgan fingerprint density at radius 1 is 1.30 bits per heavy atom. The second-order valence-electron chi connectivity index (χ2n) is 11.5. The summed E-state index contributed by atoms with van der Waals surface area (Å²) in [6.45, 7) is 11.8. The molecule has 0 amide bonds. The molecule has 0 radical (unpaired) electrons. The first-order valence-corrected chi connectivity index (χ1v) is 13.6. The molecule has 12 atom stereocenters. The molecule has 1 saturated carbocycles. The van der Waals surface area contributed by atoms with E-state index in [-0.39, 0.29) is 41.3 Å². The number of esters is 1. The molecule has 5 aliphatic rings. The van der Waals surface area contributed by atoms with E-state index in [1.54, 1.807) is 6.08 Å². The number of aliphatic hydroxyl groups is 3. The second-order valence-corrected chi connectivity index (χ2v) is 11.5. The van der Waals surface area contributed by atoms with Crippen LogP contribution in [-0.4, -0.2) is 63.5 Å². The quantitative estimate of drug-likeness (QED) is 0.392. The molecular formula is C30H40O7. The molecule has 1 spiro atoms. The van der Waals surface area contributed by atoms with Crippen LogP contribution in [0.25, 0.3) is 0 Å². The first-order valence-electron chi connectivity index (χ1n) is 13.6. The normalized spacial score (nSPS) is 46.8. The SMILES string of the molecule is C=C1OC(C(O)CC)[C@H](C)/C=C(\C)[C@]23O[C@@H]4C(C=C[C@@H]2C[C@H]1O)C3C(O)[C@@H](C)[C@H]4OC(=O)C1=CC=CC1. The number of ether oxygens (including phenoxy) is 3. The molecule has 202 valence electrons. The van der Waals surface area contributed by atoms with Crippen molar-refractivity contribution in [2.45, 2.75) is 89.2 Å². The van der Waals surface area contributed by atoms with Crippen LogP contribution in [0.1, 0.15) is 47.0 Å². The van der Waals surface area contributed by atoms with Gasteiger partial charge in [-0.05, 0) is 31.8 Å². The minimum Gasteiger partial charge on any atom is -0.489 e. The summed E-state index contributed by atoms with van der Waals surface area (Å²) < 4.78 is 19.0. The molecule has 5 rings (SSSR count). The van der Waals surface area contributed by atoms with Gasteiger partial charge in [0.2, 0.25) is 0 Å². The summed E-state index contributed by atoms with van der Waals surface area (Å²) in [5.41, 5.74) is 0.647. The summed E-state index contributed by atoms with van der Waals surface area (Å²) in [5, 5.41) is 33.5. The van der Waals surface area contributed by atoms with Gasteiger partial charge in [0.05, 0.1) is 12.2 Å². The van der Waals surface area contributed by atoms with Gasteiger partial charge in [-0.1, -0.05) is 63.8 Å². The molecule has 5 unspecified atom stereocenters. The molecule has 4 bridgehead atoms. The van der Waals surface area contributed by atoms with Gasteiger partial charge in [0.25, 0.3) is 0 Å². The third-order valence-corrected chi connectivity index (χ3v) is 9.34. The van der Waals surface area contributed by atoms with Crippen LogP contribution in [0.3, 0.4) is 0 Å². The summed E-state index contributed by atoms with van der Waals surface area (Å²) in [6.07, 6.45) is 9.01. The fraction of sp³-hybridized carbons (Fsp3) is 0.633. The number of rotatable bonds is 4. The third kappa shape index (κ3) is 4.15. The Balaban J connectivity index is 1.55. The fourth-order valence-corrected chi connectivity index (χ4v) is 7.32. The van der Waals surface area contributed by atoms with E-state index in [0.717, 1.165) is 5.57 Å². The Bertz CT molecular complexity index is 1060. The van der Waals surface area contributed by atoms with E-state index in [0.29, 0.717) is 24.8 Å². The van der Waals surface area contributed by atoms with Crippen molar-refractivity contribution in [2.75, 3.05) is 0 Å². The van der Waals surface area contributed by atoms with Gasteiger partial charge in [-0.25, -0.2) is 4.79 Å². The van der Waals surface area contributed by atoms with Crippen molar-refractivity contribution in [3.63, 3.8) is 0 Å². The molecule has 0 aromatic carbocycles. The van der Waals surface area contributed by atoms with E-state index >= 15 is 0 Å². The molecular weight excluding hydrogens is 472 g/mol. The van der Waals surface area contributed by atoms with Gasteiger partial charge in [-0.15, -0.1) is 0 Å². The average Bonchev–Trinajstić information content (AvgIpc) is 3.47. The summed E-state index contributed by atoms with van der Waals surface area (Å²) in [7, 11) is 0. The lowest BCUT2D eigenvalue weighted by Gasteiger charge is -2.49. The van der Waals surface area contributed by atoms with E-state index in [9.17, 15) is 20.1 Å². The van der Waals surface area contributed by atoms with Crippen LogP contribution in [-0.2, 0) is 19.0 Å². The lowest BCUT2D eigenvalue weighted by molar-refractivity contribution is -0.165. The van der Waals surface area contributed by atoms with E-state index in [1.807, 2.05) is 39.8 Å². The number of hydrogen-bond acceptors (Lipinski definition) is 7. The highest BCUT2D eigenvalue weighted by molar-refractivity contribution is 5.90. The van der Waals surface area contributed by atoms with Crippen LogP contribution < -0.4 is 0 Å². The summed E-state index contributed by atoms with van der Waals surface area (Å²) in [4.78, 5) is 12.9. The maximum absolute atomic E-state index is 12.9. The van der Waals surface area contributed by atoms with Crippen LogP contribution in [0.4, 0.5) is 0 Å². The van der Waals surface area contributed by atoms with Gasteiger partial charge >= 0.3 is 5.97 Å². The van der Waals surface area contributed by atoms with Gasteiger partial charge in [-0.2, -0.15) is 0 Å². The first-order chi connectivity index (χ1) is 17.6. The lowest BCUT2D eigenvalue weighted by Crippen LogP contribution is -2.57. The Hall–Kier alpha value is -2.19. The third-order valence-electron chi connectivity index (χ3n) is 9.34. The van der Waals surface area contributed by atoms with Gasteiger partial charge in [0, 0.05) is 35.2 Å². The Morgan fingerprint density at radius 3 is 2.73 bits per heavy atom. The highest BCUT2D eigenvalue weighted by atomic mass is 16.6. The molecule has 3 N–H and O–H groups in total. The molecule has 37 heavy (non-hydrogen) atoms. The van der Waals surface area contributed by atoms with Crippen molar-refractivity contribution >= 4 is 5.97 Å². The van der Waals surface area contributed by atoms with Crippen molar-refractivity contribution in [3.8, 4) is 0 Å². The van der Waals surface area contributed by atoms with Crippen LogP contribution >= 0.6 is 0 Å². The van der Waals surface area contributed by atoms with E-state index in [1.165, 1.54) is 0 Å². The number of carbonyl (C=O) groups is 1. The maximum Gasteiger partial charge on any atom is 0.334 e. The molecule has 7 nitrogen and oxygen atoms in total. The number of carbonyl (C=O) groups excluding carboxylic acids is 1. The topological polar surface area (TPSA) is 105 Å². The molecule has 0 aromatic heterocycles. The fourth-order valence-electron chi connectivity index (χ4n) is 7.32. The second kappa shape index (κ2) is 9.84. The zero-order chi connectivity index (χ0) is 26.6. The minimum absolute atomic E-state index is 0.133. The summed E-state index contributed by atoms with van der Waals surface area (Å²) in [5.74, 6) is -1.32. The van der Waals surface area contributed by atoms with Crippen molar-refractivity contribution in [3.05, 3.63) is 59.9 Å². The maximum atomic E-state index is 12.9. The predicted octanol–water partition coefficient (Wildman–Crippen LogP) is 3.37. The average molecular weight is 513 g/mol. The number of allylic oxidation sites excluding steroid dienone is 3. The van der Waals surface area contributed by atoms with Crippen LogP contribution in [0.2, 0.25) is 0 Å². The highest BCUT2D eigenvalue weighted by Crippen LogP contribution is 2.61. The zero-order valence-electron chi connectivity index (χ0n) is 22.1. The summed E-state index contributed by atoms with van der Waals surface area (Å²) in [6, 6.07) is 0. The molecule has 0 aromatic rings. The molecule has 2 fully saturated rings. The smallest absolute Gasteiger partial charge is 0.334 e. The van der Waals surface area contributed by atoms with Gasteiger partial charge < -0.3 is 29.5 Å². The minimum atomic E-state index is -0.971. The van der Waals surface area contributed by atoms with Crippen LogP contribution in [0.5, 0.6) is 0 Å². The van der Waals surface area contributed by atoms with Crippen molar-refractivity contribution < 1.29 is 34.3 Å². The van der Waals surface area contributed by atoms with Gasteiger partial charge in [0.15, 0.2) is 0 Å². The molecule has 2 aliphatic heterocycles. The van der Waals surface area contributed by atoms with Gasteiger partial charge in [-0.3, -0.25) is 0 Å². The Morgan fingerprint density at radius 2 is 2.05 bits per heavy atom. The zero-order valence-corrected chi connectivity index (χ0v) is 22.1. The summed E-state index contributed by atoms with van der Waals surface area (Å²) >= 11 is 0. The van der Waals surface area contributed by atoms with Gasteiger partial charge in [0.1, 0.15) is 35.8 Å². The predicted molar refractivity (Wildman–Crippen MR) is 138 cm³/mol. The number of aliphatic hydroxyl groups excluding tert-OH is 3. The molecule has 1 saturated heterocycles. The van der Waals surface area contributed by atoms with Crippen molar-refractivity contribution in [2.24, 2.45) is 29.6 Å².